The van der Waals surface area contributed by atoms with Gasteiger partial charge in [0.15, 0.2) is 9.84 Å². The first-order valence-corrected chi connectivity index (χ1v) is 9.49. The number of nitrogens with one attached hydrogen (secondary N) is 1. The van der Waals surface area contributed by atoms with Gasteiger partial charge in [-0.3, -0.25) is 4.79 Å². The highest BCUT2D eigenvalue weighted by Crippen LogP contribution is 2.20. The Kier molecular flexibility index (Phi) is 5.62. The van der Waals surface area contributed by atoms with Gasteiger partial charge >= 0.3 is 0 Å². The van der Waals surface area contributed by atoms with Gasteiger partial charge in [0.1, 0.15) is 5.75 Å². The molecule has 2 aromatic carbocycles. The molecular weight excluding hydrogens is 326 g/mol. The maximum Gasteiger partial charge on any atom is 0.251 e. The molecule has 1 amide bonds. The minimum absolute atomic E-state index is 0.197. The van der Waals surface area contributed by atoms with E-state index in [1.54, 1.807) is 55.6 Å². The monoisotopic (exact) mass is 347 g/mol. The van der Waals surface area contributed by atoms with Gasteiger partial charge in [0, 0.05) is 11.8 Å². The summed E-state index contributed by atoms with van der Waals surface area (Å²) in [6, 6.07) is 13.3. The van der Waals surface area contributed by atoms with Crippen LogP contribution in [0.5, 0.6) is 5.75 Å². The lowest BCUT2D eigenvalue weighted by atomic mass is 10.0. The Balaban J connectivity index is 2.18. The van der Waals surface area contributed by atoms with Crippen LogP contribution < -0.4 is 10.1 Å². The van der Waals surface area contributed by atoms with E-state index >= 15 is 0 Å². The summed E-state index contributed by atoms with van der Waals surface area (Å²) in [6.07, 6.45) is 1.86. The number of carbonyl (C=O) groups is 1. The normalized spacial score (nSPS) is 12.5. The van der Waals surface area contributed by atoms with E-state index in [2.05, 4.69) is 5.32 Å². The number of rotatable bonds is 6. The molecule has 0 aromatic heterocycles. The number of hydrogen-bond donors (Lipinski definition) is 1. The van der Waals surface area contributed by atoms with E-state index in [1.165, 1.54) is 6.26 Å². The summed E-state index contributed by atoms with van der Waals surface area (Å²) in [7, 11) is -1.68. The molecule has 0 aliphatic heterocycles. The van der Waals surface area contributed by atoms with Crippen LogP contribution in [-0.4, -0.2) is 27.7 Å². The number of benzene rings is 2. The van der Waals surface area contributed by atoms with Gasteiger partial charge in [-0.05, 0) is 42.3 Å². The van der Waals surface area contributed by atoms with E-state index in [0.29, 0.717) is 17.7 Å². The van der Waals surface area contributed by atoms with E-state index in [1.807, 2.05) is 6.92 Å². The summed E-state index contributed by atoms with van der Waals surface area (Å²) in [4.78, 5) is 12.7. The summed E-state index contributed by atoms with van der Waals surface area (Å²) >= 11 is 0. The highest BCUT2D eigenvalue weighted by molar-refractivity contribution is 7.90. The first kappa shape index (κ1) is 18.0. The number of carbonyl (C=O) groups excluding carboxylic acids is 1. The molecule has 24 heavy (non-hydrogen) atoms. The van der Waals surface area contributed by atoms with E-state index in [0.717, 1.165) is 5.56 Å². The molecule has 0 bridgehead atoms. The number of amides is 1. The van der Waals surface area contributed by atoms with Crippen molar-refractivity contribution in [1.82, 2.24) is 5.32 Å². The van der Waals surface area contributed by atoms with E-state index in [9.17, 15) is 13.2 Å². The van der Waals surface area contributed by atoms with Crippen LogP contribution in [-0.2, 0) is 9.84 Å². The van der Waals surface area contributed by atoms with Crippen molar-refractivity contribution in [1.29, 1.82) is 0 Å². The molecule has 0 saturated carbocycles. The molecule has 1 atom stereocenters. The van der Waals surface area contributed by atoms with Gasteiger partial charge in [0.2, 0.25) is 0 Å². The van der Waals surface area contributed by atoms with Gasteiger partial charge in [0.05, 0.1) is 18.0 Å². The molecule has 2 rings (SSSR count). The van der Waals surface area contributed by atoms with Crippen molar-refractivity contribution in [3.63, 3.8) is 0 Å². The molecule has 1 N–H and O–H groups in total. The summed E-state index contributed by atoms with van der Waals surface area (Å²) in [6.45, 7) is 1.96. The van der Waals surface area contributed by atoms with Crippen LogP contribution in [0.25, 0.3) is 0 Å². The maximum atomic E-state index is 12.4. The maximum absolute atomic E-state index is 12.4. The third-order valence-electron chi connectivity index (χ3n) is 3.76. The minimum Gasteiger partial charge on any atom is -0.497 e. The van der Waals surface area contributed by atoms with E-state index < -0.39 is 9.84 Å². The van der Waals surface area contributed by atoms with Gasteiger partial charge in [0.25, 0.3) is 5.91 Å². The zero-order valence-electron chi connectivity index (χ0n) is 13.9. The van der Waals surface area contributed by atoms with Crippen molar-refractivity contribution in [3.8, 4) is 5.75 Å². The average molecular weight is 347 g/mol. The number of sulfone groups is 1. The Morgan fingerprint density at radius 1 is 1.17 bits per heavy atom. The fourth-order valence-electron chi connectivity index (χ4n) is 2.37. The molecule has 2 aromatic rings. The second kappa shape index (κ2) is 7.49. The molecule has 6 heteroatoms. The predicted octanol–water partition coefficient (Wildman–Crippen LogP) is 2.98. The van der Waals surface area contributed by atoms with Gasteiger partial charge < -0.3 is 10.1 Å². The Labute approximate surface area is 142 Å². The Hall–Kier alpha value is -2.34. The van der Waals surface area contributed by atoms with Crippen molar-refractivity contribution >= 4 is 15.7 Å². The molecule has 0 unspecified atom stereocenters. The summed E-state index contributed by atoms with van der Waals surface area (Å²) < 4.78 is 28.2. The van der Waals surface area contributed by atoms with Crippen molar-refractivity contribution in [2.75, 3.05) is 13.4 Å². The Bertz CT molecular complexity index is 813. The first-order valence-electron chi connectivity index (χ1n) is 7.60. The molecule has 5 nitrogen and oxygen atoms in total. The van der Waals surface area contributed by atoms with Crippen LogP contribution in [0.15, 0.2) is 53.4 Å². The molecule has 0 aliphatic rings. The summed E-state index contributed by atoms with van der Waals surface area (Å²) in [5, 5.41) is 2.96. The van der Waals surface area contributed by atoms with Crippen LogP contribution >= 0.6 is 0 Å². The van der Waals surface area contributed by atoms with Crippen molar-refractivity contribution in [3.05, 3.63) is 59.7 Å². The van der Waals surface area contributed by atoms with Crippen LogP contribution in [0.2, 0.25) is 0 Å². The molecule has 0 heterocycles. The second-order valence-electron chi connectivity index (χ2n) is 5.51. The highest BCUT2D eigenvalue weighted by Gasteiger charge is 2.15. The summed E-state index contributed by atoms with van der Waals surface area (Å²) in [5.74, 6) is 0.418. The molecule has 0 aliphatic carbocycles. The van der Waals surface area contributed by atoms with Crippen LogP contribution in [0.4, 0.5) is 0 Å². The SMILES string of the molecule is CC[C@H](NC(=O)c1cccc(OC)c1)c1ccc(S(C)(=O)=O)cc1. The molecule has 0 fully saturated rings. The predicted molar refractivity (Wildman–Crippen MR) is 93.0 cm³/mol. The molecular formula is C18H21NO4S. The quantitative estimate of drug-likeness (QED) is 0.872. The lowest BCUT2D eigenvalue weighted by Crippen LogP contribution is -2.28. The zero-order chi connectivity index (χ0) is 17.7. The van der Waals surface area contributed by atoms with Gasteiger partial charge in [-0.2, -0.15) is 0 Å². The van der Waals surface area contributed by atoms with Gasteiger partial charge in [-0.25, -0.2) is 8.42 Å². The lowest BCUT2D eigenvalue weighted by Gasteiger charge is -2.18. The van der Waals surface area contributed by atoms with Crippen LogP contribution in [0, 0.1) is 0 Å². The lowest BCUT2D eigenvalue weighted by molar-refractivity contribution is 0.0935. The zero-order valence-corrected chi connectivity index (χ0v) is 14.8. The van der Waals surface area contributed by atoms with E-state index in [4.69, 9.17) is 4.74 Å². The molecule has 0 radical (unpaired) electrons. The van der Waals surface area contributed by atoms with Crippen molar-refractivity contribution in [2.45, 2.75) is 24.3 Å². The molecule has 0 saturated heterocycles. The largest absolute Gasteiger partial charge is 0.497 e. The highest BCUT2D eigenvalue weighted by atomic mass is 32.2. The average Bonchev–Trinajstić information content (AvgIpc) is 2.59. The fraction of sp³-hybridized carbons (Fsp3) is 0.278. The summed E-state index contributed by atoms with van der Waals surface area (Å²) in [5.41, 5.74) is 1.38. The van der Waals surface area contributed by atoms with Crippen molar-refractivity contribution < 1.29 is 17.9 Å². The topological polar surface area (TPSA) is 72.5 Å². The number of hydrogen-bond acceptors (Lipinski definition) is 4. The van der Waals surface area contributed by atoms with Gasteiger partial charge in [-0.1, -0.05) is 25.1 Å². The third-order valence-corrected chi connectivity index (χ3v) is 4.88. The smallest absolute Gasteiger partial charge is 0.251 e. The molecule has 0 spiro atoms. The van der Waals surface area contributed by atoms with E-state index in [-0.39, 0.29) is 16.8 Å². The Morgan fingerprint density at radius 3 is 2.38 bits per heavy atom. The first-order chi connectivity index (χ1) is 11.3. The standard InChI is InChI=1S/C18H21NO4S/c1-4-17(13-8-10-16(11-9-13)24(3,21)22)19-18(20)14-6-5-7-15(12-14)23-2/h5-12,17H,4H2,1-3H3,(H,19,20)/t17-/m0/s1. The minimum atomic E-state index is -3.23. The number of methoxy groups -OCH3 is 1. The Morgan fingerprint density at radius 2 is 1.83 bits per heavy atom. The van der Waals surface area contributed by atoms with Crippen LogP contribution in [0.1, 0.15) is 35.3 Å². The number of ether oxygens (including phenoxy) is 1. The van der Waals surface area contributed by atoms with Crippen molar-refractivity contribution in [2.24, 2.45) is 0 Å². The second-order valence-corrected chi connectivity index (χ2v) is 7.52. The fourth-order valence-corrected chi connectivity index (χ4v) is 3.00. The van der Waals surface area contributed by atoms with Crippen LogP contribution in [0.3, 0.4) is 0 Å². The third kappa shape index (κ3) is 4.35. The molecule has 128 valence electrons. The van der Waals surface area contributed by atoms with Gasteiger partial charge in [-0.15, -0.1) is 0 Å².